The Morgan fingerprint density at radius 2 is 2.07 bits per heavy atom. The molecular weight excluding hydrogens is 349 g/mol. The second-order valence-corrected chi connectivity index (χ2v) is 7.92. The molecule has 0 aromatic carbocycles. The van der Waals surface area contributed by atoms with Gasteiger partial charge in [0, 0.05) is 19.1 Å². The van der Waals surface area contributed by atoms with Gasteiger partial charge in [0.1, 0.15) is 5.56 Å². The van der Waals surface area contributed by atoms with Crippen LogP contribution in [0.4, 0.5) is 10.1 Å². The van der Waals surface area contributed by atoms with Gasteiger partial charge in [-0.05, 0) is 62.1 Å². The van der Waals surface area contributed by atoms with E-state index < -0.39 is 17.3 Å². The number of nitrogens with zero attached hydrogens (tertiary/aromatic N) is 2. The smallest absolute Gasteiger partial charge is 0.341 e. The van der Waals surface area contributed by atoms with E-state index in [2.05, 4.69) is 0 Å². The standard InChI is InChI=1S/C20H24FN3O3/c1-10-17-14(12-3-4-12)7-15(20(26)27)19(25)24(17)9-16(21)18(10)23-6-5-13(8-23)11(2)22/h7,9,11-13H,3-6,8,22H2,1-2H3,(H,26,27)/t11?,13-/m0/s1. The van der Waals surface area contributed by atoms with Gasteiger partial charge in [0.05, 0.1) is 17.4 Å². The third kappa shape index (κ3) is 2.90. The number of fused-ring (bicyclic) bond motifs is 1. The molecule has 1 unspecified atom stereocenters. The summed E-state index contributed by atoms with van der Waals surface area (Å²) in [5.41, 5.74) is 7.69. The van der Waals surface area contributed by atoms with Crippen molar-refractivity contribution in [3.05, 3.63) is 45.1 Å². The molecule has 1 aliphatic carbocycles. The SMILES string of the molecule is Cc1c(N2CC[C@H](C(C)N)C2)c(F)cn2c(=O)c(C(=O)O)cc(C3CC3)c12. The molecule has 2 fully saturated rings. The molecule has 1 saturated carbocycles. The monoisotopic (exact) mass is 373 g/mol. The number of anilines is 1. The first-order valence-electron chi connectivity index (χ1n) is 9.41. The van der Waals surface area contributed by atoms with Crippen LogP contribution in [0.3, 0.4) is 0 Å². The van der Waals surface area contributed by atoms with E-state index in [4.69, 9.17) is 5.73 Å². The fraction of sp³-hybridized carbons (Fsp3) is 0.500. The number of hydrogen-bond donors (Lipinski definition) is 2. The van der Waals surface area contributed by atoms with Crippen molar-refractivity contribution in [2.24, 2.45) is 11.7 Å². The van der Waals surface area contributed by atoms with Crippen molar-refractivity contribution in [3.8, 4) is 0 Å². The predicted octanol–water partition coefficient (Wildman–Crippen LogP) is 2.50. The Morgan fingerprint density at radius 3 is 2.63 bits per heavy atom. The fourth-order valence-electron chi connectivity index (χ4n) is 4.31. The summed E-state index contributed by atoms with van der Waals surface area (Å²) in [4.78, 5) is 26.1. The maximum Gasteiger partial charge on any atom is 0.341 e. The zero-order valence-electron chi connectivity index (χ0n) is 15.5. The van der Waals surface area contributed by atoms with E-state index in [1.807, 2.05) is 18.7 Å². The molecule has 2 aromatic rings. The van der Waals surface area contributed by atoms with E-state index in [9.17, 15) is 14.7 Å². The highest BCUT2D eigenvalue weighted by Gasteiger charge is 2.32. The van der Waals surface area contributed by atoms with Crippen molar-refractivity contribution >= 4 is 17.2 Å². The van der Waals surface area contributed by atoms with Crippen LogP contribution in [0.2, 0.25) is 0 Å². The molecule has 7 heteroatoms. The van der Waals surface area contributed by atoms with Crippen molar-refractivity contribution in [1.82, 2.24) is 4.40 Å². The van der Waals surface area contributed by atoms with Gasteiger partial charge in [-0.25, -0.2) is 9.18 Å². The molecule has 0 radical (unpaired) electrons. The zero-order valence-corrected chi connectivity index (χ0v) is 15.5. The number of rotatable bonds is 4. The molecule has 144 valence electrons. The molecular formula is C20H24FN3O3. The van der Waals surface area contributed by atoms with Crippen molar-refractivity contribution in [1.29, 1.82) is 0 Å². The quantitative estimate of drug-likeness (QED) is 0.860. The lowest BCUT2D eigenvalue weighted by molar-refractivity contribution is 0.0694. The van der Waals surface area contributed by atoms with Gasteiger partial charge in [0.25, 0.3) is 5.56 Å². The van der Waals surface area contributed by atoms with Gasteiger partial charge in [-0.1, -0.05) is 0 Å². The Morgan fingerprint density at radius 1 is 1.37 bits per heavy atom. The average molecular weight is 373 g/mol. The number of pyridine rings is 2. The van der Waals surface area contributed by atoms with Crippen molar-refractivity contribution < 1.29 is 14.3 Å². The Hall–Kier alpha value is -2.41. The third-order valence-corrected chi connectivity index (χ3v) is 5.97. The molecule has 0 spiro atoms. The summed E-state index contributed by atoms with van der Waals surface area (Å²) >= 11 is 0. The lowest BCUT2D eigenvalue weighted by Gasteiger charge is -2.24. The minimum atomic E-state index is -1.28. The van der Waals surface area contributed by atoms with Crippen molar-refractivity contribution in [3.63, 3.8) is 0 Å². The highest BCUT2D eigenvalue weighted by atomic mass is 19.1. The minimum Gasteiger partial charge on any atom is -0.477 e. The van der Waals surface area contributed by atoms with Crippen LogP contribution in [-0.2, 0) is 0 Å². The largest absolute Gasteiger partial charge is 0.477 e. The Balaban J connectivity index is 1.94. The van der Waals surface area contributed by atoms with Crippen molar-refractivity contribution in [2.75, 3.05) is 18.0 Å². The number of halogens is 1. The first kappa shape index (κ1) is 18.0. The van der Waals surface area contributed by atoms with Gasteiger partial charge in [0.2, 0.25) is 0 Å². The Bertz CT molecular complexity index is 994. The highest BCUT2D eigenvalue weighted by molar-refractivity contribution is 5.89. The fourth-order valence-corrected chi connectivity index (χ4v) is 4.31. The van der Waals surface area contributed by atoms with Crippen LogP contribution in [-0.4, -0.2) is 34.6 Å². The topological polar surface area (TPSA) is 88.0 Å². The molecule has 2 atom stereocenters. The first-order chi connectivity index (χ1) is 12.8. The number of carboxylic acids is 1. The number of aromatic carboxylic acids is 1. The highest BCUT2D eigenvalue weighted by Crippen LogP contribution is 2.44. The lowest BCUT2D eigenvalue weighted by atomic mass is 10.0. The van der Waals surface area contributed by atoms with Crippen LogP contribution in [0.5, 0.6) is 0 Å². The summed E-state index contributed by atoms with van der Waals surface area (Å²) in [7, 11) is 0. The molecule has 2 aromatic heterocycles. The van der Waals surface area contributed by atoms with Gasteiger partial charge >= 0.3 is 5.97 Å². The number of aromatic nitrogens is 1. The Kier molecular flexibility index (Phi) is 4.22. The van der Waals surface area contributed by atoms with Gasteiger partial charge < -0.3 is 15.7 Å². The van der Waals surface area contributed by atoms with E-state index in [1.165, 1.54) is 10.5 Å². The van der Waals surface area contributed by atoms with Crippen LogP contribution < -0.4 is 16.2 Å². The summed E-state index contributed by atoms with van der Waals surface area (Å²) in [6.45, 7) is 5.19. The summed E-state index contributed by atoms with van der Waals surface area (Å²) in [6.07, 6.45) is 3.96. The van der Waals surface area contributed by atoms with Crippen LogP contribution in [0, 0.1) is 18.7 Å². The third-order valence-electron chi connectivity index (χ3n) is 5.97. The maximum atomic E-state index is 15.0. The van der Waals surface area contributed by atoms with Crippen LogP contribution in [0.25, 0.3) is 5.52 Å². The van der Waals surface area contributed by atoms with Gasteiger partial charge in [-0.15, -0.1) is 0 Å². The Labute approximate surface area is 156 Å². The van der Waals surface area contributed by atoms with E-state index in [1.54, 1.807) is 0 Å². The summed E-state index contributed by atoms with van der Waals surface area (Å²) in [5, 5.41) is 9.37. The number of carbonyl (C=O) groups is 1. The lowest BCUT2D eigenvalue weighted by Crippen LogP contribution is -2.31. The van der Waals surface area contributed by atoms with Gasteiger partial charge in [0.15, 0.2) is 5.82 Å². The minimum absolute atomic E-state index is 0.0431. The van der Waals surface area contributed by atoms with E-state index in [0.717, 1.165) is 37.6 Å². The first-order valence-corrected chi connectivity index (χ1v) is 9.41. The molecule has 1 saturated heterocycles. The molecule has 27 heavy (non-hydrogen) atoms. The molecule has 6 nitrogen and oxygen atoms in total. The molecule has 1 aliphatic heterocycles. The van der Waals surface area contributed by atoms with Gasteiger partial charge in [-0.2, -0.15) is 0 Å². The molecule has 0 amide bonds. The molecule has 0 bridgehead atoms. The number of hydrogen-bond acceptors (Lipinski definition) is 4. The molecule has 4 rings (SSSR count). The summed E-state index contributed by atoms with van der Waals surface area (Å²) < 4.78 is 16.2. The van der Waals surface area contributed by atoms with Crippen LogP contribution in [0.15, 0.2) is 17.1 Å². The summed E-state index contributed by atoms with van der Waals surface area (Å²) in [5.74, 6) is -1.25. The van der Waals surface area contributed by atoms with E-state index in [-0.39, 0.29) is 17.5 Å². The number of nitrogens with two attached hydrogens (primary N) is 1. The van der Waals surface area contributed by atoms with Crippen LogP contribution in [0.1, 0.15) is 53.6 Å². The average Bonchev–Trinajstić information content (AvgIpc) is 3.32. The maximum absolute atomic E-state index is 15.0. The van der Waals surface area contributed by atoms with Crippen molar-refractivity contribution in [2.45, 2.75) is 45.1 Å². The molecule has 3 N–H and O–H groups in total. The second kappa shape index (κ2) is 6.34. The number of aryl methyl sites for hydroxylation is 1. The van der Waals surface area contributed by atoms with E-state index in [0.29, 0.717) is 29.2 Å². The predicted molar refractivity (Wildman–Crippen MR) is 101 cm³/mol. The molecule has 3 heterocycles. The second-order valence-electron chi connectivity index (χ2n) is 7.92. The van der Waals surface area contributed by atoms with Crippen LogP contribution >= 0.6 is 0 Å². The van der Waals surface area contributed by atoms with Gasteiger partial charge in [-0.3, -0.25) is 9.20 Å². The zero-order chi connectivity index (χ0) is 19.5. The van der Waals surface area contributed by atoms with E-state index >= 15 is 4.39 Å². The normalized spacial score (nSPS) is 21.0. The molecule has 2 aliphatic rings. The summed E-state index contributed by atoms with van der Waals surface area (Å²) in [6, 6.07) is 1.53. The number of carboxylic acid groups (broad SMARTS) is 1.